The van der Waals surface area contributed by atoms with Crippen LogP contribution in [0.3, 0.4) is 0 Å². The fraction of sp³-hybridized carbons (Fsp3) is 0.250. The van der Waals surface area contributed by atoms with E-state index in [1.165, 1.54) is 10.9 Å². The predicted octanol–water partition coefficient (Wildman–Crippen LogP) is 1.43. The molecule has 0 spiro atoms. The minimum absolute atomic E-state index is 0.315. The second kappa shape index (κ2) is 4.37. The van der Waals surface area contributed by atoms with Crippen LogP contribution in [0.5, 0.6) is 0 Å². The molecular weight excluding hydrogens is 220 g/mol. The van der Waals surface area contributed by atoms with Crippen molar-refractivity contribution in [1.29, 1.82) is 0 Å². The third-order valence-electron chi connectivity index (χ3n) is 2.70. The molecule has 5 nitrogen and oxygen atoms in total. The molecule has 0 saturated carbocycles. The van der Waals surface area contributed by atoms with Crippen molar-refractivity contribution in [1.82, 2.24) is 9.55 Å². The fourth-order valence-electron chi connectivity index (χ4n) is 1.80. The van der Waals surface area contributed by atoms with Crippen LogP contribution in [-0.4, -0.2) is 20.6 Å². The SMILES string of the molecule is CC[C@H](C(=O)O)n1cnc2ccccc2c1=O. The summed E-state index contributed by atoms with van der Waals surface area (Å²) in [6.07, 6.45) is 1.64. The van der Waals surface area contributed by atoms with Crippen molar-refractivity contribution in [2.24, 2.45) is 0 Å². The maximum absolute atomic E-state index is 12.1. The topological polar surface area (TPSA) is 72.2 Å². The molecule has 0 amide bonds. The zero-order valence-electron chi connectivity index (χ0n) is 9.33. The standard InChI is InChI=1S/C12H12N2O3/c1-2-10(12(16)17)14-7-13-9-6-4-3-5-8(9)11(14)15/h3-7,10H,2H2,1H3,(H,16,17)/t10-/m1/s1. The Morgan fingerprint density at radius 3 is 2.82 bits per heavy atom. The van der Waals surface area contributed by atoms with Crippen LogP contribution in [0.2, 0.25) is 0 Å². The van der Waals surface area contributed by atoms with Crippen molar-refractivity contribution in [3.63, 3.8) is 0 Å². The molecule has 0 aliphatic heterocycles. The van der Waals surface area contributed by atoms with E-state index in [9.17, 15) is 9.59 Å². The summed E-state index contributed by atoms with van der Waals surface area (Å²) in [5.41, 5.74) is 0.263. The van der Waals surface area contributed by atoms with E-state index in [4.69, 9.17) is 5.11 Å². The summed E-state index contributed by atoms with van der Waals surface area (Å²) >= 11 is 0. The lowest BCUT2D eigenvalue weighted by molar-refractivity contribution is -0.141. The quantitative estimate of drug-likeness (QED) is 0.868. The molecular formula is C12H12N2O3. The van der Waals surface area contributed by atoms with Gasteiger partial charge in [-0.2, -0.15) is 0 Å². The summed E-state index contributed by atoms with van der Waals surface area (Å²) in [6.45, 7) is 1.72. The number of hydrogen-bond donors (Lipinski definition) is 1. The van der Waals surface area contributed by atoms with E-state index in [2.05, 4.69) is 4.98 Å². The van der Waals surface area contributed by atoms with Gasteiger partial charge in [0.2, 0.25) is 0 Å². The van der Waals surface area contributed by atoms with Gasteiger partial charge in [0.15, 0.2) is 0 Å². The van der Waals surface area contributed by atoms with Gasteiger partial charge in [0.1, 0.15) is 6.04 Å². The van der Waals surface area contributed by atoms with Gasteiger partial charge in [0.05, 0.1) is 17.2 Å². The van der Waals surface area contributed by atoms with Gasteiger partial charge in [-0.05, 0) is 18.6 Å². The monoisotopic (exact) mass is 232 g/mol. The minimum atomic E-state index is -1.02. The van der Waals surface area contributed by atoms with Gasteiger partial charge in [-0.15, -0.1) is 0 Å². The molecule has 88 valence electrons. The highest BCUT2D eigenvalue weighted by molar-refractivity contribution is 5.78. The Morgan fingerprint density at radius 2 is 2.18 bits per heavy atom. The first-order valence-corrected chi connectivity index (χ1v) is 5.34. The summed E-state index contributed by atoms with van der Waals surface area (Å²) in [6, 6.07) is 6.03. The number of hydrogen-bond acceptors (Lipinski definition) is 3. The minimum Gasteiger partial charge on any atom is -0.480 e. The lowest BCUT2D eigenvalue weighted by atomic mass is 10.2. The van der Waals surface area contributed by atoms with Crippen LogP contribution in [0.25, 0.3) is 10.9 Å². The van der Waals surface area contributed by atoms with Crippen LogP contribution < -0.4 is 5.56 Å². The van der Waals surface area contributed by atoms with Crippen molar-refractivity contribution < 1.29 is 9.90 Å². The van der Waals surface area contributed by atoms with Crippen molar-refractivity contribution in [2.75, 3.05) is 0 Å². The molecule has 1 N–H and O–H groups in total. The average molecular weight is 232 g/mol. The molecule has 2 aromatic rings. The number of nitrogens with zero attached hydrogens (tertiary/aromatic N) is 2. The number of carbonyl (C=O) groups is 1. The van der Waals surface area contributed by atoms with Crippen molar-refractivity contribution in [3.05, 3.63) is 40.9 Å². The molecule has 0 aliphatic rings. The highest BCUT2D eigenvalue weighted by atomic mass is 16.4. The maximum atomic E-state index is 12.1. The molecule has 1 atom stereocenters. The van der Waals surface area contributed by atoms with Gasteiger partial charge in [-0.1, -0.05) is 19.1 Å². The predicted molar refractivity (Wildman–Crippen MR) is 63.0 cm³/mol. The molecule has 1 heterocycles. The van der Waals surface area contributed by atoms with Crippen LogP contribution >= 0.6 is 0 Å². The third kappa shape index (κ3) is 1.91. The maximum Gasteiger partial charge on any atom is 0.326 e. The van der Waals surface area contributed by atoms with Gasteiger partial charge >= 0.3 is 5.97 Å². The number of aromatic nitrogens is 2. The number of carboxylic acids is 1. The van der Waals surface area contributed by atoms with E-state index in [0.717, 1.165) is 0 Å². The molecule has 1 aromatic heterocycles. The van der Waals surface area contributed by atoms with E-state index in [1.807, 2.05) is 0 Å². The summed E-state index contributed by atoms with van der Waals surface area (Å²) in [4.78, 5) is 27.2. The zero-order valence-corrected chi connectivity index (χ0v) is 9.33. The van der Waals surface area contributed by atoms with Crippen molar-refractivity contribution >= 4 is 16.9 Å². The molecule has 0 bridgehead atoms. The van der Waals surface area contributed by atoms with Crippen LogP contribution in [-0.2, 0) is 4.79 Å². The van der Waals surface area contributed by atoms with Crippen LogP contribution in [0, 0.1) is 0 Å². The van der Waals surface area contributed by atoms with Gasteiger partial charge in [0.25, 0.3) is 5.56 Å². The Kier molecular flexibility index (Phi) is 2.91. The first kappa shape index (κ1) is 11.3. The van der Waals surface area contributed by atoms with Crippen molar-refractivity contribution in [2.45, 2.75) is 19.4 Å². The Hall–Kier alpha value is -2.17. The van der Waals surface area contributed by atoms with Crippen LogP contribution in [0.15, 0.2) is 35.4 Å². The van der Waals surface area contributed by atoms with Gasteiger partial charge in [-0.25, -0.2) is 9.78 Å². The Bertz CT molecular complexity index is 618. The fourth-order valence-corrected chi connectivity index (χ4v) is 1.80. The van der Waals surface area contributed by atoms with Gasteiger partial charge < -0.3 is 5.11 Å². The molecule has 0 unspecified atom stereocenters. The van der Waals surface area contributed by atoms with Crippen LogP contribution in [0.4, 0.5) is 0 Å². The third-order valence-corrected chi connectivity index (χ3v) is 2.70. The van der Waals surface area contributed by atoms with E-state index in [-0.39, 0.29) is 5.56 Å². The average Bonchev–Trinajstić information content (AvgIpc) is 2.33. The number of carboxylic acid groups (broad SMARTS) is 1. The normalized spacial score (nSPS) is 12.5. The summed E-state index contributed by atoms with van der Waals surface area (Å²) in [5, 5.41) is 9.48. The second-order valence-corrected chi connectivity index (χ2v) is 3.74. The van der Waals surface area contributed by atoms with E-state index in [1.54, 1.807) is 31.2 Å². The molecule has 17 heavy (non-hydrogen) atoms. The lowest BCUT2D eigenvalue weighted by Gasteiger charge is -2.13. The molecule has 0 fully saturated rings. The van der Waals surface area contributed by atoms with Crippen molar-refractivity contribution in [3.8, 4) is 0 Å². The van der Waals surface area contributed by atoms with E-state index < -0.39 is 12.0 Å². The largest absolute Gasteiger partial charge is 0.480 e. The number of rotatable bonds is 3. The molecule has 5 heteroatoms. The number of aliphatic carboxylic acids is 1. The Balaban J connectivity index is 2.68. The van der Waals surface area contributed by atoms with E-state index in [0.29, 0.717) is 17.3 Å². The summed E-state index contributed by atoms with van der Waals surface area (Å²) in [5.74, 6) is -1.02. The van der Waals surface area contributed by atoms with E-state index >= 15 is 0 Å². The molecule has 0 radical (unpaired) electrons. The first-order chi connectivity index (χ1) is 8.15. The summed E-state index contributed by atoms with van der Waals surface area (Å²) < 4.78 is 1.17. The Morgan fingerprint density at radius 1 is 1.47 bits per heavy atom. The number of para-hydroxylation sites is 1. The molecule has 2 rings (SSSR count). The molecule has 0 aliphatic carbocycles. The number of benzene rings is 1. The molecule has 0 saturated heterocycles. The number of fused-ring (bicyclic) bond motifs is 1. The first-order valence-electron chi connectivity index (χ1n) is 5.34. The second-order valence-electron chi connectivity index (χ2n) is 3.74. The summed E-state index contributed by atoms with van der Waals surface area (Å²) in [7, 11) is 0. The van der Waals surface area contributed by atoms with Gasteiger partial charge in [0, 0.05) is 0 Å². The molecule has 1 aromatic carbocycles. The highest BCUT2D eigenvalue weighted by Crippen LogP contribution is 2.11. The highest BCUT2D eigenvalue weighted by Gasteiger charge is 2.19. The smallest absolute Gasteiger partial charge is 0.326 e. The lowest BCUT2D eigenvalue weighted by Crippen LogP contribution is -2.29. The van der Waals surface area contributed by atoms with Crippen LogP contribution in [0.1, 0.15) is 19.4 Å². The zero-order chi connectivity index (χ0) is 12.4. The Labute approximate surface area is 97.3 Å². The van der Waals surface area contributed by atoms with Gasteiger partial charge in [-0.3, -0.25) is 9.36 Å².